The van der Waals surface area contributed by atoms with Crippen LogP contribution >= 0.6 is 43.5 Å². The molecule has 2 rings (SSSR count). The Morgan fingerprint density at radius 3 is 2.52 bits per heavy atom. The SMILES string of the molecule is O=c1c(Br)c[c-]c(-c2ccc(Cl)cc2Br)n1CC(F)F.[Y]. The predicted octanol–water partition coefficient (Wildman–Crippen LogP) is 4.76. The van der Waals surface area contributed by atoms with Gasteiger partial charge in [0.2, 0.25) is 5.56 Å². The molecule has 0 aliphatic rings. The third-order valence-corrected chi connectivity index (χ3v) is 4.02. The van der Waals surface area contributed by atoms with Crippen LogP contribution in [0.2, 0.25) is 5.02 Å². The van der Waals surface area contributed by atoms with Crippen molar-refractivity contribution in [1.29, 1.82) is 0 Å². The summed E-state index contributed by atoms with van der Waals surface area (Å²) >= 11 is 12.2. The van der Waals surface area contributed by atoms with Crippen molar-refractivity contribution in [2.75, 3.05) is 0 Å². The van der Waals surface area contributed by atoms with Crippen molar-refractivity contribution >= 4 is 43.5 Å². The van der Waals surface area contributed by atoms with E-state index < -0.39 is 18.5 Å². The van der Waals surface area contributed by atoms with Gasteiger partial charge in [0.25, 0.3) is 6.43 Å². The van der Waals surface area contributed by atoms with Gasteiger partial charge in [0.1, 0.15) is 0 Å². The molecule has 2 nitrogen and oxygen atoms in total. The molecule has 0 unspecified atom stereocenters. The molecular weight excluding hydrogens is 508 g/mol. The Balaban J connectivity index is 0.00000220. The van der Waals surface area contributed by atoms with Crippen LogP contribution in [0.3, 0.4) is 0 Å². The molecule has 0 spiro atoms. The maximum atomic E-state index is 12.7. The molecule has 0 aliphatic carbocycles. The summed E-state index contributed by atoms with van der Waals surface area (Å²) in [5.74, 6) is 0. The standard InChI is InChI=1S/C13H7Br2ClF2NO.Y/c14-9-3-4-11(19(13(9)20)6-12(17)18)8-2-1-7(16)5-10(8)15;/h1-3,5,12H,6H2;/q-1;. The second-order valence-corrected chi connectivity index (χ2v) is 6.06. The fourth-order valence-electron chi connectivity index (χ4n) is 1.72. The molecule has 2 aromatic rings. The summed E-state index contributed by atoms with van der Waals surface area (Å²) < 4.78 is 27.1. The molecule has 0 fully saturated rings. The Hall–Kier alpha value is 0.384. The molecule has 1 aromatic heterocycles. The number of pyridine rings is 1. The van der Waals surface area contributed by atoms with E-state index in [0.29, 0.717) is 15.1 Å². The Morgan fingerprint density at radius 2 is 1.95 bits per heavy atom. The smallest absolute Gasteiger partial charge is 0.256 e. The first kappa shape index (κ1) is 19.4. The van der Waals surface area contributed by atoms with Gasteiger partial charge in [-0.05, 0) is 15.0 Å². The maximum Gasteiger partial charge on any atom is 0.256 e. The Labute approximate surface area is 167 Å². The molecule has 0 amide bonds. The van der Waals surface area contributed by atoms with Gasteiger partial charge in [-0.25, -0.2) is 8.78 Å². The van der Waals surface area contributed by atoms with E-state index in [4.69, 9.17) is 11.6 Å². The second-order valence-electron chi connectivity index (χ2n) is 3.92. The molecule has 0 saturated carbocycles. The molecular formula is C13H7Br2ClF2NOY-. The fourth-order valence-corrected chi connectivity index (χ4v) is 2.92. The first-order valence-corrected chi connectivity index (χ1v) is 7.41. The van der Waals surface area contributed by atoms with Gasteiger partial charge in [-0.1, -0.05) is 44.9 Å². The molecule has 1 heterocycles. The third-order valence-electron chi connectivity index (χ3n) is 2.56. The van der Waals surface area contributed by atoms with E-state index in [-0.39, 0.29) is 42.9 Å². The predicted molar refractivity (Wildman–Crippen MR) is 81.4 cm³/mol. The minimum absolute atomic E-state index is 0. The summed E-state index contributed by atoms with van der Waals surface area (Å²) in [5.41, 5.74) is 0.322. The zero-order chi connectivity index (χ0) is 14.9. The number of nitrogens with zero attached hydrogens (tertiary/aromatic N) is 1. The first-order chi connectivity index (χ1) is 9.40. The van der Waals surface area contributed by atoms with E-state index in [2.05, 4.69) is 37.9 Å². The zero-order valence-electron chi connectivity index (χ0n) is 10.4. The van der Waals surface area contributed by atoms with Gasteiger partial charge < -0.3 is 4.57 Å². The summed E-state index contributed by atoms with van der Waals surface area (Å²) in [7, 11) is 0. The Bertz CT molecular complexity index is 709. The fraction of sp³-hybridized carbons (Fsp3) is 0.154. The summed E-state index contributed by atoms with van der Waals surface area (Å²) in [6.45, 7) is -0.695. The van der Waals surface area contributed by atoms with Crippen molar-refractivity contribution in [3.05, 3.63) is 54.7 Å². The molecule has 0 saturated heterocycles. The molecule has 109 valence electrons. The molecule has 8 heteroatoms. The molecule has 1 radical (unpaired) electrons. The van der Waals surface area contributed by atoms with Crippen molar-refractivity contribution in [3.63, 3.8) is 0 Å². The van der Waals surface area contributed by atoms with Crippen molar-refractivity contribution < 1.29 is 41.5 Å². The number of benzene rings is 1. The van der Waals surface area contributed by atoms with Gasteiger partial charge in [0.05, 0.1) is 6.54 Å². The van der Waals surface area contributed by atoms with Crippen LogP contribution in [0.1, 0.15) is 0 Å². The van der Waals surface area contributed by atoms with Gasteiger partial charge in [0, 0.05) is 37.7 Å². The normalized spacial score (nSPS) is 10.6. The maximum absolute atomic E-state index is 12.7. The average Bonchev–Trinajstić information content (AvgIpc) is 2.36. The van der Waals surface area contributed by atoms with Crippen LogP contribution in [0.5, 0.6) is 0 Å². The van der Waals surface area contributed by atoms with E-state index in [1.54, 1.807) is 18.2 Å². The first-order valence-electron chi connectivity index (χ1n) is 5.44. The quantitative estimate of drug-likeness (QED) is 0.541. The van der Waals surface area contributed by atoms with Crippen molar-refractivity contribution in [3.8, 4) is 11.3 Å². The number of aromatic nitrogens is 1. The monoisotopic (exact) mass is 513 g/mol. The van der Waals surface area contributed by atoms with Crippen molar-refractivity contribution in [1.82, 2.24) is 4.57 Å². The van der Waals surface area contributed by atoms with E-state index in [1.165, 1.54) is 6.07 Å². The topological polar surface area (TPSA) is 22.0 Å². The van der Waals surface area contributed by atoms with Gasteiger partial charge >= 0.3 is 0 Å². The van der Waals surface area contributed by atoms with Crippen LogP contribution in [-0.4, -0.2) is 11.0 Å². The van der Waals surface area contributed by atoms with E-state index in [0.717, 1.165) is 4.57 Å². The van der Waals surface area contributed by atoms with E-state index in [1.807, 2.05) is 0 Å². The second kappa shape index (κ2) is 8.30. The average molecular weight is 515 g/mol. The molecule has 0 N–H and O–H groups in total. The van der Waals surface area contributed by atoms with Gasteiger partial charge in [0.15, 0.2) is 0 Å². The zero-order valence-corrected chi connectivity index (χ0v) is 17.2. The summed E-state index contributed by atoms with van der Waals surface area (Å²) in [5, 5.41) is 0.500. The summed E-state index contributed by atoms with van der Waals surface area (Å²) in [6.07, 6.45) is -2.64. The van der Waals surface area contributed by atoms with Crippen molar-refractivity contribution in [2.45, 2.75) is 13.0 Å². The van der Waals surface area contributed by atoms with Crippen LogP contribution in [0.4, 0.5) is 8.78 Å². The molecule has 0 bridgehead atoms. The Morgan fingerprint density at radius 1 is 1.29 bits per heavy atom. The number of halogens is 5. The van der Waals surface area contributed by atoms with Crippen LogP contribution in [0, 0.1) is 6.07 Å². The number of alkyl halides is 2. The van der Waals surface area contributed by atoms with Gasteiger partial charge in [-0.2, -0.15) is 12.1 Å². The van der Waals surface area contributed by atoms with Crippen LogP contribution in [0.25, 0.3) is 11.3 Å². The van der Waals surface area contributed by atoms with Gasteiger partial charge in [-0.15, -0.1) is 22.0 Å². The van der Waals surface area contributed by atoms with Crippen LogP contribution in [-0.2, 0) is 39.3 Å². The number of hydrogen-bond acceptors (Lipinski definition) is 1. The summed E-state index contributed by atoms with van der Waals surface area (Å²) in [4.78, 5) is 12.0. The van der Waals surface area contributed by atoms with Crippen LogP contribution in [0.15, 0.2) is 38.0 Å². The molecule has 0 atom stereocenters. The van der Waals surface area contributed by atoms with E-state index in [9.17, 15) is 13.6 Å². The van der Waals surface area contributed by atoms with E-state index >= 15 is 0 Å². The summed E-state index contributed by atoms with van der Waals surface area (Å²) in [6, 6.07) is 9.15. The Kier molecular flexibility index (Phi) is 7.68. The third kappa shape index (κ3) is 4.68. The van der Waals surface area contributed by atoms with Crippen molar-refractivity contribution in [2.24, 2.45) is 0 Å². The largest absolute Gasteiger partial charge is 0.336 e. The molecule has 21 heavy (non-hydrogen) atoms. The number of hydrogen-bond donors (Lipinski definition) is 0. The molecule has 1 aromatic carbocycles. The number of rotatable bonds is 3. The minimum Gasteiger partial charge on any atom is -0.336 e. The minimum atomic E-state index is -2.64. The van der Waals surface area contributed by atoms with Crippen LogP contribution < -0.4 is 5.56 Å². The van der Waals surface area contributed by atoms with Gasteiger partial charge in [-0.3, -0.25) is 4.79 Å². The molecule has 0 aliphatic heterocycles.